The van der Waals surface area contributed by atoms with Gasteiger partial charge in [0.25, 0.3) is 0 Å². The predicted molar refractivity (Wildman–Crippen MR) is 69.0 cm³/mol. The fraction of sp³-hybridized carbons (Fsp3) is 0.417. The van der Waals surface area contributed by atoms with E-state index in [2.05, 4.69) is 40.8 Å². The van der Waals surface area contributed by atoms with Crippen LogP contribution in [-0.2, 0) is 22.2 Å². The smallest absolute Gasteiger partial charge is 0.219 e. The maximum Gasteiger partial charge on any atom is 0.219 e. The second kappa shape index (κ2) is 4.51. The number of carbonyl (C=O) groups is 1. The number of nitrogens with zero attached hydrogens (tertiary/aromatic N) is 1. The van der Waals surface area contributed by atoms with Gasteiger partial charge >= 0.3 is 0 Å². The van der Waals surface area contributed by atoms with E-state index in [4.69, 9.17) is 0 Å². The summed E-state index contributed by atoms with van der Waals surface area (Å²) in [4.78, 5) is 13.3. The van der Waals surface area contributed by atoms with Crippen molar-refractivity contribution in [2.24, 2.45) is 0 Å². The number of hydrogen-bond donors (Lipinski definition) is 0. The van der Waals surface area contributed by atoms with E-state index in [1.54, 1.807) is 6.92 Å². The minimum atomic E-state index is 0.184. The summed E-state index contributed by atoms with van der Waals surface area (Å²) in [6, 6.07) is 6.47. The van der Waals surface area contributed by atoms with E-state index in [1.165, 1.54) is 16.7 Å². The minimum absolute atomic E-state index is 0.184. The van der Waals surface area contributed by atoms with Gasteiger partial charge in [0.05, 0.1) is 0 Å². The van der Waals surface area contributed by atoms with Crippen LogP contribution in [-0.4, -0.2) is 17.4 Å². The summed E-state index contributed by atoms with van der Waals surface area (Å²) in [5, 5.41) is 0. The van der Waals surface area contributed by atoms with E-state index in [-0.39, 0.29) is 5.91 Å². The Kier molecular flexibility index (Phi) is 3.29. The molecule has 0 aromatic heterocycles. The topological polar surface area (TPSA) is 20.3 Å². The lowest BCUT2D eigenvalue weighted by Gasteiger charge is -2.29. The van der Waals surface area contributed by atoms with Crippen LogP contribution in [0.25, 0.3) is 0 Å². The van der Waals surface area contributed by atoms with Crippen molar-refractivity contribution in [3.8, 4) is 0 Å². The molecular weight excluding hydrogens is 301 g/mol. The van der Waals surface area contributed by atoms with Crippen molar-refractivity contribution in [3.63, 3.8) is 0 Å². The zero-order valence-corrected chi connectivity index (χ0v) is 11.0. The summed E-state index contributed by atoms with van der Waals surface area (Å²) in [5.41, 5.74) is 4.16. The number of hydrogen-bond acceptors (Lipinski definition) is 1. The fourth-order valence-electron chi connectivity index (χ4n) is 2.04. The van der Waals surface area contributed by atoms with Crippen LogP contribution in [0.3, 0.4) is 0 Å². The van der Waals surface area contributed by atoms with E-state index in [0.717, 1.165) is 23.9 Å². The van der Waals surface area contributed by atoms with Gasteiger partial charge in [0.1, 0.15) is 0 Å². The van der Waals surface area contributed by atoms with Crippen molar-refractivity contribution >= 4 is 28.5 Å². The van der Waals surface area contributed by atoms with Crippen LogP contribution in [0.5, 0.6) is 0 Å². The van der Waals surface area contributed by atoms with Gasteiger partial charge < -0.3 is 4.90 Å². The lowest BCUT2D eigenvalue weighted by molar-refractivity contribution is -0.129. The number of fused-ring (bicyclic) bond motifs is 1. The molecule has 0 N–H and O–H groups in total. The Balaban J connectivity index is 2.34. The molecule has 80 valence electrons. The predicted octanol–water partition coefficient (Wildman–Crippen LogP) is 2.53. The normalized spacial score (nSPS) is 14.9. The molecule has 1 aromatic carbocycles. The highest BCUT2D eigenvalue weighted by Crippen LogP contribution is 2.24. The van der Waals surface area contributed by atoms with Gasteiger partial charge in [-0.25, -0.2) is 0 Å². The number of carbonyl (C=O) groups excluding carboxylic acids is 1. The molecule has 0 bridgehead atoms. The molecule has 1 amide bonds. The maximum atomic E-state index is 11.3. The molecule has 1 aliphatic rings. The third-order valence-corrected chi connectivity index (χ3v) is 3.78. The molecular formula is C12H14INO. The molecule has 3 heteroatoms. The largest absolute Gasteiger partial charge is 0.338 e. The Bertz CT molecular complexity index is 375. The second-order valence-electron chi connectivity index (χ2n) is 3.88. The van der Waals surface area contributed by atoms with Gasteiger partial charge in [-0.1, -0.05) is 40.8 Å². The third kappa shape index (κ3) is 2.17. The Morgan fingerprint density at radius 3 is 3.00 bits per heavy atom. The second-order valence-corrected chi connectivity index (χ2v) is 4.64. The van der Waals surface area contributed by atoms with Crippen LogP contribution in [0.15, 0.2) is 18.2 Å². The molecule has 1 heterocycles. The minimum Gasteiger partial charge on any atom is -0.338 e. The first-order valence-corrected chi connectivity index (χ1v) is 6.66. The van der Waals surface area contributed by atoms with Gasteiger partial charge in [0.2, 0.25) is 5.91 Å². The van der Waals surface area contributed by atoms with Gasteiger partial charge in [-0.15, -0.1) is 0 Å². The van der Waals surface area contributed by atoms with E-state index < -0.39 is 0 Å². The molecule has 0 saturated carbocycles. The lowest BCUT2D eigenvalue weighted by atomic mass is 9.96. The molecule has 0 spiro atoms. The van der Waals surface area contributed by atoms with Gasteiger partial charge in [0, 0.05) is 24.4 Å². The van der Waals surface area contributed by atoms with E-state index in [9.17, 15) is 4.79 Å². The highest BCUT2D eigenvalue weighted by Gasteiger charge is 2.19. The average Bonchev–Trinajstić information content (AvgIpc) is 2.27. The van der Waals surface area contributed by atoms with Crippen molar-refractivity contribution in [3.05, 3.63) is 34.9 Å². The summed E-state index contributed by atoms with van der Waals surface area (Å²) in [5.74, 6) is 0.184. The number of amides is 1. The first kappa shape index (κ1) is 10.9. The number of halogens is 1. The molecule has 0 saturated heterocycles. The average molecular weight is 315 g/mol. The third-order valence-electron chi connectivity index (χ3n) is 2.96. The highest BCUT2D eigenvalue weighted by atomic mass is 127. The molecule has 0 radical (unpaired) electrons. The quantitative estimate of drug-likeness (QED) is 0.576. The van der Waals surface area contributed by atoms with Crippen LogP contribution in [0.4, 0.5) is 0 Å². The van der Waals surface area contributed by atoms with E-state index >= 15 is 0 Å². The number of benzene rings is 1. The zero-order valence-electron chi connectivity index (χ0n) is 8.79. The molecule has 0 atom stereocenters. The van der Waals surface area contributed by atoms with Crippen LogP contribution in [0.1, 0.15) is 23.6 Å². The first-order chi connectivity index (χ1) is 7.22. The molecule has 0 fully saturated rings. The summed E-state index contributed by atoms with van der Waals surface area (Å²) >= 11 is 2.38. The number of alkyl halides is 1. The van der Waals surface area contributed by atoms with E-state index in [0.29, 0.717) is 0 Å². The molecule has 1 aliphatic heterocycles. The molecule has 0 unspecified atom stereocenters. The Morgan fingerprint density at radius 1 is 1.53 bits per heavy atom. The van der Waals surface area contributed by atoms with Crippen LogP contribution < -0.4 is 0 Å². The Hall–Kier alpha value is -0.580. The summed E-state index contributed by atoms with van der Waals surface area (Å²) in [6.45, 7) is 3.31. The molecule has 15 heavy (non-hydrogen) atoms. The first-order valence-electron chi connectivity index (χ1n) is 5.13. The SMILES string of the molecule is CC(=O)N1CCc2cccc(CI)c2C1. The van der Waals surface area contributed by atoms with Crippen molar-refractivity contribution in [1.82, 2.24) is 4.90 Å². The highest BCUT2D eigenvalue weighted by molar-refractivity contribution is 14.1. The summed E-state index contributed by atoms with van der Waals surface area (Å²) in [7, 11) is 0. The summed E-state index contributed by atoms with van der Waals surface area (Å²) < 4.78 is 1.02. The van der Waals surface area contributed by atoms with Gasteiger partial charge in [-0.05, 0) is 23.1 Å². The number of rotatable bonds is 1. The molecule has 2 nitrogen and oxygen atoms in total. The monoisotopic (exact) mass is 315 g/mol. The van der Waals surface area contributed by atoms with Gasteiger partial charge in [-0.3, -0.25) is 4.79 Å². The Labute approximate surface area is 104 Å². The summed E-state index contributed by atoms with van der Waals surface area (Å²) in [6.07, 6.45) is 0.999. The Morgan fingerprint density at radius 2 is 2.33 bits per heavy atom. The molecule has 0 aliphatic carbocycles. The van der Waals surface area contributed by atoms with E-state index in [1.807, 2.05) is 4.90 Å². The van der Waals surface area contributed by atoms with Gasteiger partial charge in [0.15, 0.2) is 0 Å². The van der Waals surface area contributed by atoms with Gasteiger partial charge in [-0.2, -0.15) is 0 Å². The molecule has 2 rings (SSSR count). The van der Waals surface area contributed by atoms with Crippen molar-refractivity contribution < 1.29 is 4.79 Å². The maximum absolute atomic E-state index is 11.3. The lowest BCUT2D eigenvalue weighted by Crippen LogP contribution is -2.34. The standard InChI is InChI=1S/C12H14INO/c1-9(15)14-6-5-10-3-2-4-11(7-13)12(10)8-14/h2-4H,5-8H2,1H3. The van der Waals surface area contributed by atoms with Crippen LogP contribution in [0, 0.1) is 0 Å². The van der Waals surface area contributed by atoms with Crippen LogP contribution >= 0.6 is 22.6 Å². The molecule has 1 aromatic rings. The van der Waals surface area contributed by atoms with Crippen molar-refractivity contribution in [2.45, 2.75) is 24.3 Å². The fourth-order valence-corrected chi connectivity index (χ4v) is 2.76. The van der Waals surface area contributed by atoms with Crippen LogP contribution in [0.2, 0.25) is 0 Å². The van der Waals surface area contributed by atoms with Crippen molar-refractivity contribution in [1.29, 1.82) is 0 Å². The van der Waals surface area contributed by atoms with Crippen molar-refractivity contribution in [2.75, 3.05) is 6.54 Å². The zero-order chi connectivity index (χ0) is 10.8.